The minimum atomic E-state index is -0.188. The Morgan fingerprint density at radius 2 is 1.94 bits per heavy atom. The molecular weight excluding hydrogens is 229 g/mol. The zero-order valence-electron chi connectivity index (χ0n) is 11.2. The predicted octanol–water partition coefficient (Wildman–Crippen LogP) is 4.52. The summed E-state index contributed by atoms with van der Waals surface area (Å²) >= 11 is 0. The summed E-state index contributed by atoms with van der Waals surface area (Å²) < 4.78 is 19.0. The molecule has 0 aliphatic carbocycles. The Morgan fingerprint density at radius 1 is 1.22 bits per heavy atom. The summed E-state index contributed by atoms with van der Waals surface area (Å²) in [7, 11) is 0. The van der Waals surface area contributed by atoms with Crippen LogP contribution in [0, 0.1) is 26.6 Å². The van der Waals surface area contributed by atoms with Gasteiger partial charge in [0.2, 0.25) is 0 Å². The van der Waals surface area contributed by atoms with Gasteiger partial charge in [-0.05, 0) is 45.9 Å². The molecule has 3 heteroatoms. The first-order valence-corrected chi connectivity index (χ1v) is 6.07. The average Bonchev–Trinajstić information content (AvgIpc) is 2.64. The van der Waals surface area contributed by atoms with Crippen LogP contribution < -0.4 is 5.32 Å². The largest absolute Gasteiger partial charge is 0.466 e. The molecule has 2 nitrogen and oxygen atoms in total. The van der Waals surface area contributed by atoms with E-state index in [1.807, 2.05) is 32.9 Å². The van der Waals surface area contributed by atoms with Gasteiger partial charge in [-0.25, -0.2) is 4.39 Å². The molecule has 0 saturated carbocycles. The standard InChI is InChI=1S/C15H18FNO/c1-9-8-13(12(4)18-9)11(3)17-15-7-5-6-14(16)10(15)2/h5-8,11,17H,1-4H3. The quantitative estimate of drug-likeness (QED) is 0.862. The Morgan fingerprint density at radius 3 is 2.56 bits per heavy atom. The van der Waals surface area contributed by atoms with Crippen LogP contribution in [0.2, 0.25) is 0 Å². The second-order valence-corrected chi connectivity index (χ2v) is 4.65. The van der Waals surface area contributed by atoms with E-state index in [1.165, 1.54) is 6.07 Å². The lowest BCUT2D eigenvalue weighted by Gasteiger charge is -2.16. The van der Waals surface area contributed by atoms with Crippen LogP contribution >= 0.6 is 0 Å². The zero-order valence-corrected chi connectivity index (χ0v) is 11.2. The van der Waals surface area contributed by atoms with Crippen LogP contribution in [0.5, 0.6) is 0 Å². The highest BCUT2D eigenvalue weighted by molar-refractivity contribution is 5.52. The number of nitrogens with one attached hydrogen (secondary N) is 1. The molecule has 0 amide bonds. The summed E-state index contributed by atoms with van der Waals surface area (Å²) in [6, 6.07) is 7.17. The Kier molecular flexibility index (Phi) is 3.41. The Bertz CT molecular complexity index is 560. The first-order valence-electron chi connectivity index (χ1n) is 6.07. The van der Waals surface area contributed by atoms with Crippen molar-refractivity contribution < 1.29 is 8.81 Å². The second kappa shape index (κ2) is 4.84. The number of anilines is 1. The molecule has 1 unspecified atom stereocenters. The van der Waals surface area contributed by atoms with Gasteiger partial charge in [-0.15, -0.1) is 0 Å². The van der Waals surface area contributed by atoms with Crippen LogP contribution in [-0.4, -0.2) is 0 Å². The minimum absolute atomic E-state index is 0.0861. The lowest BCUT2D eigenvalue weighted by atomic mass is 10.1. The molecule has 0 fully saturated rings. The average molecular weight is 247 g/mol. The first-order chi connectivity index (χ1) is 8.49. The fourth-order valence-corrected chi connectivity index (χ4v) is 2.16. The van der Waals surface area contributed by atoms with Gasteiger partial charge in [-0.3, -0.25) is 0 Å². The van der Waals surface area contributed by atoms with E-state index in [1.54, 1.807) is 13.0 Å². The minimum Gasteiger partial charge on any atom is -0.466 e. The van der Waals surface area contributed by atoms with Gasteiger partial charge >= 0.3 is 0 Å². The molecule has 0 spiro atoms. The predicted molar refractivity (Wildman–Crippen MR) is 71.4 cm³/mol. The third kappa shape index (κ3) is 2.40. The molecule has 0 aliphatic rings. The number of halogens is 1. The summed E-state index contributed by atoms with van der Waals surface area (Å²) in [6.07, 6.45) is 0. The third-order valence-electron chi connectivity index (χ3n) is 3.19. The van der Waals surface area contributed by atoms with Crippen molar-refractivity contribution >= 4 is 5.69 Å². The van der Waals surface area contributed by atoms with E-state index < -0.39 is 0 Å². The molecular formula is C15H18FNO. The Labute approximate surface area is 107 Å². The normalized spacial score (nSPS) is 12.5. The van der Waals surface area contributed by atoms with Crippen molar-refractivity contribution in [2.24, 2.45) is 0 Å². The van der Waals surface area contributed by atoms with Crippen molar-refractivity contribution in [3.05, 3.63) is 52.7 Å². The number of furan rings is 1. The molecule has 1 atom stereocenters. The number of aryl methyl sites for hydroxylation is 2. The maximum absolute atomic E-state index is 13.5. The smallest absolute Gasteiger partial charge is 0.128 e. The SMILES string of the molecule is Cc1cc(C(C)Nc2cccc(F)c2C)c(C)o1. The monoisotopic (exact) mass is 247 g/mol. The van der Waals surface area contributed by atoms with Crippen molar-refractivity contribution in [3.63, 3.8) is 0 Å². The fraction of sp³-hybridized carbons (Fsp3) is 0.333. The fourth-order valence-electron chi connectivity index (χ4n) is 2.16. The molecule has 1 aromatic carbocycles. The van der Waals surface area contributed by atoms with Crippen LogP contribution in [0.3, 0.4) is 0 Å². The van der Waals surface area contributed by atoms with Crippen LogP contribution in [0.15, 0.2) is 28.7 Å². The van der Waals surface area contributed by atoms with Crippen molar-refractivity contribution in [2.45, 2.75) is 33.7 Å². The van der Waals surface area contributed by atoms with Gasteiger partial charge in [0.15, 0.2) is 0 Å². The zero-order chi connectivity index (χ0) is 13.3. The molecule has 0 saturated heterocycles. The molecule has 1 aromatic heterocycles. The van der Waals surface area contributed by atoms with E-state index in [0.717, 1.165) is 22.8 Å². The third-order valence-corrected chi connectivity index (χ3v) is 3.19. The van der Waals surface area contributed by atoms with Crippen LogP contribution in [0.25, 0.3) is 0 Å². The van der Waals surface area contributed by atoms with Crippen molar-refractivity contribution in [1.29, 1.82) is 0 Å². The van der Waals surface area contributed by atoms with E-state index in [2.05, 4.69) is 5.32 Å². The van der Waals surface area contributed by atoms with Gasteiger partial charge in [0.25, 0.3) is 0 Å². The molecule has 2 aromatic rings. The van der Waals surface area contributed by atoms with Crippen LogP contribution in [0.4, 0.5) is 10.1 Å². The highest BCUT2D eigenvalue weighted by Crippen LogP contribution is 2.27. The van der Waals surface area contributed by atoms with E-state index >= 15 is 0 Å². The molecule has 96 valence electrons. The second-order valence-electron chi connectivity index (χ2n) is 4.65. The number of hydrogen-bond acceptors (Lipinski definition) is 2. The topological polar surface area (TPSA) is 25.2 Å². The van der Waals surface area contributed by atoms with E-state index in [9.17, 15) is 4.39 Å². The summed E-state index contributed by atoms with van der Waals surface area (Å²) in [5, 5.41) is 3.32. The van der Waals surface area contributed by atoms with Crippen molar-refractivity contribution in [3.8, 4) is 0 Å². The van der Waals surface area contributed by atoms with Gasteiger partial charge in [0.1, 0.15) is 17.3 Å². The highest BCUT2D eigenvalue weighted by Gasteiger charge is 2.14. The molecule has 0 radical (unpaired) electrons. The summed E-state index contributed by atoms with van der Waals surface area (Å²) in [6.45, 7) is 7.69. The lowest BCUT2D eigenvalue weighted by Crippen LogP contribution is -2.08. The number of rotatable bonds is 3. The van der Waals surface area contributed by atoms with Gasteiger partial charge in [0.05, 0.1) is 6.04 Å². The van der Waals surface area contributed by atoms with Crippen molar-refractivity contribution in [2.75, 3.05) is 5.32 Å². The molecule has 1 N–H and O–H groups in total. The van der Waals surface area contributed by atoms with E-state index in [0.29, 0.717) is 5.56 Å². The number of benzene rings is 1. The van der Waals surface area contributed by atoms with E-state index in [4.69, 9.17) is 4.42 Å². The first kappa shape index (κ1) is 12.7. The van der Waals surface area contributed by atoms with E-state index in [-0.39, 0.29) is 11.9 Å². The van der Waals surface area contributed by atoms with Gasteiger partial charge in [-0.1, -0.05) is 6.07 Å². The molecule has 0 bridgehead atoms. The maximum atomic E-state index is 13.5. The Balaban J connectivity index is 2.24. The summed E-state index contributed by atoms with van der Waals surface area (Å²) in [5.74, 6) is 1.61. The molecule has 18 heavy (non-hydrogen) atoms. The molecule has 2 rings (SSSR count). The number of hydrogen-bond donors (Lipinski definition) is 1. The van der Waals surface area contributed by atoms with Gasteiger partial charge < -0.3 is 9.73 Å². The lowest BCUT2D eigenvalue weighted by molar-refractivity contribution is 0.500. The van der Waals surface area contributed by atoms with Crippen LogP contribution in [-0.2, 0) is 0 Å². The van der Waals surface area contributed by atoms with Crippen LogP contribution in [0.1, 0.15) is 35.6 Å². The Hall–Kier alpha value is -1.77. The summed E-state index contributed by atoms with van der Waals surface area (Å²) in [4.78, 5) is 0. The highest BCUT2D eigenvalue weighted by atomic mass is 19.1. The van der Waals surface area contributed by atoms with Gasteiger partial charge in [-0.2, -0.15) is 0 Å². The van der Waals surface area contributed by atoms with Gasteiger partial charge in [0, 0.05) is 16.8 Å². The maximum Gasteiger partial charge on any atom is 0.128 e. The van der Waals surface area contributed by atoms with Crippen molar-refractivity contribution in [1.82, 2.24) is 0 Å². The molecule has 0 aliphatic heterocycles. The summed E-state index contributed by atoms with van der Waals surface area (Å²) in [5.41, 5.74) is 2.57. The molecule has 1 heterocycles.